The Morgan fingerprint density at radius 2 is 1.93 bits per heavy atom. The van der Waals surface area contributed by atoms with Crippen molar-refractivity contribution in [2.45, 2.75) is 56.6 Å². The number of nitrogens with one attached hydrogen (secondary N) is 1. The minimum absolute atomic E-state index is 0.0185. The minimum atomic E-state index is -0.579. The zero-order valence-electron chi connectivity index (χ0n) is 16.6. The average Bonchev–Trinajstić information content (AvgIpc) is 2.84. The molecule has 0 radical (unpaired) electrons. The molecule has 2 rings (SSSR count). The SMILES string of the molecule is COCCC(=O)N(C)[C@@H]1CC[C@@](CNC(C)=O)(c2ccccc2)CC[C@H]1O. The highest BCUT2D eigenvalue weighted by Gasteiger charge is 2.39. The van der Waals surface area contributed by atoms with Crippen LogP contribution in [0, 0.1) is 0 Å². The predicted molar refractivity (Wildman–Crippen MR) is 104 cm³/mol. The van der Waals surface area contributed by atoms with Gasteiger partial charge in [-0.2, -0.15) is 0 Å². The number of aliphatic hydroxyl groups excluding tert-OH is 1. The normalized spacial score (nSPS) is 25.5. The molecule has 6 heteroatoms. The number of aliphatic hydroxyl groups is 1. The Morgan fingerprint density at radius 3 is 2.56 bits per heavy atom. The van der Waals surface area contributed by atoms with E-state index in [1.807, 2.05) is 18.2 Å². The van der Waals surface area contributed by atoms with E-state index in [2.05, 4.69) is 17.4 Å². The molecule has 0 aromatic heterocycles. The van der Waals surface area contributed by atoms with Crippen LogP contribution in [0.2, 0.25) is 0 Å². The summed E-state index contributed by atoms with van der Waals surface area (Å²) >= 11 is 0. The van der Waals surface area contributed by atoms with Gasteiger partial charge in [-0.15, -0.1) is 0 Å². The predicted octanol–water partition coefficient (Wildman–Crippen LogP) is 1.86. The highest BCUT2D eigenvalue weighted by molar-refractivity contribution is 5.76. The molecule has 3 atom stereocenters. The maximum Gasteiger partial charge on any atom is 0.224 e. The lowest BCUT2D eigenvalue weighted by Crippen LogP contribution is -2.44. The van der Waals surface area contributed by atoms with Crippen LogP contribution in [0.5, 0.6) is 0 Å². The van der Waals surface area contributed by atoms with Gasteiger partial charge in [0.05, 0.1) is 25.2 Å². The number of ether oxygens (including phenoxy) is 1. The zero-order chi connectivity index (χ0) is 19.9. The molecule has 1 aromatic carbocycles. The van der Waals surface area contributed by atoms with Gasteiger partial charge in [0.15, 0.2) is 0 Å². The van der Waals surface area contributed by atoms with E-state index in [4.69, 9.17) is 4.74 Å². The molecule has 6 nitrogen and oxygen atoms in total. The lowest BCUT2D eigenvalue weighted by molar-refractivity contribution is -0.135. The van der Waals surface area contributed by atoms with Crippen molar-refractivity contribution in [3.8, 4) is 0 Å². The number of carbonyl (C=O) groups is 2. The number of amides is 2. The average molecular weight is 376 g/mol. The summed E-state index contributed by atoms with van der Waals surface area (Å²) in [6, 6.07) is 9.93. The van der Waals surface area contributed by atoms with Crippen LogP contribution in [0.25, 0.3) is 0 Å². The van der Waals surface area contributed by atoms with E-state index in [9.17, 15) is 14.7 Å². The number of nitrogens with zero attached hydrogens (tertiary/aromatic N) is 1. The third-order valence-electron chi connectivity index (χ3n) is 5.75. The Labute approximate surface area is 161 Å². The van der Waals surface area contributed by atoms with Crippen LogP contribution in [0.15, 0.2) is 30.3 Å². The molecule has 1 aromatic rings. The molecule has 1 aliphatic rings. The fraction of sp³-hybridized carbons (Fsp3) is 0.619. The van der Waals surface area contributed by atoms with Crippen molar-refractivity contribution in [3.63, 3.8) is 0 Å². The van der Waals surface area contributed by atoms with Crippen molar-refractivity contribution in [2.75, 3.05) is 27.3 Å². The molecule has 2 amide bonds. The molecule has 0 heterocycles. The van der Waals surface area contributed by atoms with E-state index in [0.717, 1.165) is 12.8 Å². The topological polar surface area (TPSA) is 78.9 Å². The molecule has 0 spiro atoms. The number of hydrogen-bond acceptors (Lipinski definition) is 4. The number of hydrogen-bond donors (Lipinski definition) is 2. The van der Waals surface area contributed by atoms with Crippen molar-refractivity contribution >= 4 is 11.8 Å². The van der Waals surface area contributed by atoms with E-state index in [-0.39, 0.29) is 23.3 Å². The van der Waals surface area contributed by atoms with Crippen molar-refractivity contribution in [2.24, 2.45) is 0 Å². The summed E-state index contributed by atoms with van der Waals surface area (Å²) in [4.78, 5) is 25.6. The first-order valence-electron chi connectivity index (χ1n) is 9.62. The second-order valence-corrected chi connectivity index (χ2v) is 7.52. The summed E-state index contributed by atoms with van der Waals surface area (Å²) in [5.74, 6) is -0.0755. The third kappa shape index (κ3) is 5.53. The fourth-order valence-electron chi connectivity index (χ4n) is 4.01. The Bertz CT molecular complexity index is 622. The first kappa shape index (κ1) is 21.4. The molecule has 27 heavy (non-hydrogen) atoms. The number of benzene rings is 1. The van der Waals surface area contributed by atoms with Crippen molar-refractivity contribution in [1.29, 1.82) is 0 Å². The van der Waals surface area contributed by atoms with Crippen LogP contribution >= 0.6 is 0 Å². The van der Waals surface area contributed by atoms with Crippen LogP contribution in [-0.2, 0) is 19.7 Å². The summed E-state index contributed by atoms with van der Waals surface area (Å²) in [6.45, 7) is 2.44. The highest BCUT2D eigenvalue weighted by atomic mass is 16.5. The van der Waals surface area contributed by atoms with Crippen LogP contribution in [0.1, 0.15) is 44.6 Å². The van der Waals surface area contributed by atoms with Gasteiger partial charge < -0.3 is 20.1 Å². The Balaban J connectivity index is 2.20. The highest BCUT2D eigenvalue weighted by Crippen LogP contribution is 2.39. The van der Waals surface area contributed by atoms with Crippen LogP contribution < -0.4 is 5.32 Å². The van der Waals surface area contributed by atoms with Gasteiger partial charge in [0.25, 0.3) is 0 Å². The summed E-state index contributed by atoms with van der Waals surface area (Å²) < 4.78 is 5.00. The molecule has 0 bridgehead atoms. The Morgan fingerprint density at radius 1 is 1.26 bits per heavy atom. The zero-order valence-corrected chi connectivity index (χ0v) is 16.6. The number of rotatable bonds is 7. The molecule has 1 aliphatic carbocycles. The van der Waals surface area contributed by atoms with Crippen molar-refractivity contribution < 1.29 is 19.4 Å². The molecular formula is C21H32N2O4. The summed E-state index contributed by atoms with van der Waals surface area (Å²) in [6.07, 6.45) is 2.55. The minimum Gasteiger partial charge on any atom is -0.391 e. The molecule has 1 fully saturated rings. The molecule has 0 aliphatic heterocycles. The molecule has 1 saturated carbocycles. The summed E-state index contributed by atoms with van der Waals surface area (Å²) in [5, 5.41) is 13.7. The lowest BCUT2D eigenvalue weighted by atomic mass is 9.74. The van der Waals surface area contributed by atoms with Gasteiger partial charge in [-0.3, -0.25) is 9.59 Å². The van der Waals surface area contributed by atoms with E-state index in [1.165, 1.54) is 12.5 Å². The maximum absolute atomic E-state index is 12.4. The Hall–Kier alpha value is -1.92. The van der Waals surface area contributed by atoms with Crippen LogP contribution in [0.3, 0.4) is 0 Å². The van der Waals surface area contributed by atoms with Gasteiger partial charge in [-0.05, 0) is 31.2 Å². The largest absolute Gasteiger partial charge is 0.391 e. The smallest absolute Gasteiger partial charge is 0.224 e. The molecule has 2 N–H and O–H groups in total. The van der Waals surface area contributed by atoms with E-state index in [0.29, 0.717) is 32.4 Å². The maximum atomic E-state index is 12.4. The monoisotopic (exact) mass is 376 g/mol. The van der Waals surface area contributed by atoms with E-state index in [1.54, 1.807) is 19.1 Å². The van der Waals surface area contributed by atoms with Crippen molar-refractivity contribution in [3.05, 3.63) is 35.9 Å². The van der Waals surface area contributed by atoms with Crippen LogP contribution in [-0.4, -0.2) is 61.3 Å². The van der Waals surface area contributed by atoms with Gasteiger partial charge in [-0.1, -0.05) is 30.3 Å². The van der Waals surface area contributed by atoms with Crippen LogP contribution in [0.4, 0.5) is 0 Å². The number of carbonyl (C=O) groups excluding carboxylic acids is 2. The van der Waals surface area contributed by atoms with Gasteiger partial charge in [0.2, 0.25) is 11.8 Å². The molecule has 150 valence electrons. The molecule has 0 unspecified atom stereocenters. The second kappa shape index (κ2) is 9.85. The fourth-order valence-corrected chi connectivity index (χ4v) is 4.01. The van der Waals surface area contributed by atoms with Gasteiger partial charge in [0, 0.05) is 33.0 Å². The van der Waals surface area contributed by atoms with Gasteiger partial charge in [-0.25, -0.2) is 0 Å². The number of methoxy groups -OCH3 is 1. The first-order chi connectivity index (χ1) is 12.9. The van der Waals surface area contributed by atoms with E-state index < -0.39 is 6.10 Å². The van der Waals surface area contributed by atoms with Gasteiger partial charge in [0.1, 0.15) is 0 Å². The lowest BCUT2D eigenvalue weighted by Gasteiger charge is -2.34. The third-order valence-corrected chi connectivity index (χ3v) is 5.75. The van der Waals surface area contributed by atoms with Gasteiger partial charge >= 0.3 is 0 Å². The molecular weight excluding hydrogens is 344 g/mol. The number of likely N-dealkylation sites (N-methyl/N-ethyl adjacent to an activating group) is 1. The second-order valence-electron chi connectivity index (χ2n) is 7.52. The quantitative estimate of drug-likeness (QED) is 0.712. The Kier molecular flexibility index (Phi) is 7.80. The first-order valence-corrected chi connectivity index (χ1v) is 9.62. The standard InChI is InChI=1S/C21H32N2O4/c1-16(24)22-15-21(17-7-5-4-6-8-17)12-9-18(19(25)10-13-21)23(2)20(26)11-14-27-3/h4-8,18-19,25H,9-15H2,1-3H3,(H,22,24)/t18-,19-,21-/m1/s1. The molecule has 0 saturated heterocycles. The summed E-state index contributed by atoms with van der Waals surface area (Å²) in [5.41, 5.74) is 0.930. The summed E-state index contributed by atoms with van der Waals surface area (Å²) in [7, 11) is 3.33. The van der Waals surface area contributed by atoms with Crippen molar-refractivity contribution in [1.82, 2.24) is 10.2 Å². The van der Waals surface area contributed by atoms with E-state index >= 15 is 0 Å².